The van der Waals surface area contributed by atoms with Crippen molar-refractivity contribution in [1.82, 2.24) is 0 Å². The minimum atomic E-state index is -4.18. The van der Waals surface area contributed by atoms with Gasteiger partial charge in [0.05, 0.1) is 17.9 Å². The maximum Gasteiger partial charge on any atom is 0.394 e. The Kier molecular flexibility index (Phi) is 2.07. The van der Waals surface area contributed by atoms with Crippen LogP contribution in [0.5, 0.6) is 0 Å². The van der Waals surface area contributed by atoms with Gasteiger partial charge in [-0.3, -0.25) is 4.79 Å². The van der Waals surface area contributed by atoms with Crippen LogP contribution in [0.3, 0.4) is 0 Å². The van der Waals surface area contributed by atoms with Crippen LogP contribution in [0, 0.1) is 10.8 Å². The predicted octanol–water partition coefficient (Wildman–Crippen LogP) is 2.67. The fourth-order valence-corrected chi connectivity index (χ4v) is 3.17. The summed E-state index contributed by atoms with van der Waals surface area (Å²) in [6, 6.07) is 0. The number of alkyl halides is 3. The first-order chi connectivity index (χ1) is 6.85. The number of halogens is 3. The lowest BCUT2D eigenvalue weighted by Crippen LogP contribution is -2.61. The van der Waals surface area contributed by atoms with Gasteiger partial charge in [-0.1, -0.05) is 6.42 Å². The summed E-state index contributed by atoms with van der Waals surface area (Å²) < 4.78 is 42.8. The van der Waals surface area contributed by atoms with E-state index in [0.29, 0.717) is 12.8 Å². The van der Waals surface area contributed by atoms with E-state index in [2.05, 4.69) is 4.74 Å². The fourth-order valence-electron chi connectivity index (χ4n) is 3.17. The summed E-state index contributed by atoms with van der Waals surface area (Å²) in [7, 11) is 1.24. The van der Waals surface area contributed by atoms with E-state index in [4.69, 9.17) is 0 Å². The number of hydrogen-bond acceptors (Lipinski definition) is 2. The van der Waals surface area contributed by atoms with Gasteiger partial charge in [-0.05, 0) is 25.7 Å². The normalized spacial score (nSPS) is 39.5. The Morgan fingerprint density at radius 2 is 1.87 bits per heavy atom. The van der Waals surface area contributed by atoms with Gasteiger partial charge >= 0.3 is 12.1 Å². The highest BCUT2D eigenvalue weighted by molar-refractivity contribution is 5.78. The van der Waals surface area contributed by atoms with Crippen LogP contribution in [-0.4, -0.2) is 19.3 Å². The van der Waals surface area contributed by atoms with Crippen LogP contribution in [0.15, 0.2) is 0 Å². The van der Waals surface area contributed by atoms with Crippen molar-refractivity contribution in [1.29, 1.82) is 0 Å². The molecule has 0 spiro atoms. The van der Waals surface area contributed by atoms with Crippen LogP contribution in [0.1, 0.15) is 32.1 Å². The van der Waals surface area contributed by atoms with E-state index < -0.39 is 23.0 Å². The maximum atomic E-state index is 12.7. The Bertz CT molecular complexity index is 290. The Hall–Kier alpha value is -0.740. The van der Waals surface area contributed by atoms with Crippen LogP contribution >= 0.6 is 0 Å². The van der Waals surface area contributed by atoms with Gasteiger partial charge in [0.25, 0.3) is 0 Å². The average molecular weight is 222 g/mol. The SMILES string of the molecule is COC(=O)C12CCCC(C(F)(F)F)(C1)C2. The zero-order chi connectivity index (χ0) is 11.3. The Balaban J connectivity index is 2.18. The number of methoxy groups -OCH3 is 1. The van der Waals surface area contributed by atoms with Crippen LogP contribution in [-0.2, 0) is 9.53 Å². The van der Waals surface area contributed by atoms with E-state index in [1.807, 2.05) is 0 Å². The molecule has 0 aromatic carbocycles. The molecule has 0 N–H and O–H groups in total. The van der Waals surface area contributed by atoms with Crippen molar-refractivity contribution in [3.05, 3.63) is 0 Å². The van der Waals surface area contributed by atoms with Crippen molar-refractivity contribution in [3.8, 4) is 0 Å². The van der Waals surface area contributed by atoms with E-state index in [-0.39, 0.29) is 19.3 Å². The molecule has 0 radical (unpaired) electrons. The summed E-state index contributed by atoms with van der Waals surface area (Å²) >= 11 is 0. The number of rotatable bonds is 1. The van der Waals surface area contributed by atoms with Gasteiger partial charge < -0.3 is 4.74 Å². The molecule has 3 rings (SSSR count). The van der Waals surface area contributed by atoms with E-state index in [1.165, 1.54) is 7.11 Å². The molecule has 15 heavy (non-hydrogen) atoms. The molecule has 5 heteroatoms. The smallest absolute Gasteiger partial charge is 0.394 e. The molecule has 0 unspecified atom stereocenters. The number of ether oxygens (including phenoxy) is 1. The van der Waals surface area contributed by atoms with Crippen LogP contribution < -0.4 is 0 Å². The molecule has 0 saturated heterocycles. The molecule has 86 valence electrons. The minimum absolute atomic E-state index is 0.0732. The average Bonchev–Trinajstić information content (AvgIpc) is 2.14. The lowest BCUT2D eigenvalue weighted by molar-refractivity contribution is -0.298. The first-order valence-corrected chi connectivity index (χ1v) is 5.00. The van der Waals surface area contributed by atoms with Crippen molar-refractivity contribution in [2.24, 2.45) is 10.8 Å². The van der Waals surface area contributed by atoms with Gasteiger partial charge in [0.2, 0.25) is 0 Å². The molecule has 3 aliphatic rings. The molecule has 0 aromatic rings. The molecular formula is C10H13F3O2. The van der Waals surface area contributed by atoms with E-state index in [1.54, 1.807) is 0 Å². The summed E-state index contributed by atoms with van der Waals surface area (Å²) in [5, 5.41) is 0. The van der Waals surface area contributed by atoms with Gasteiger partial charge in [-0.2, -0.15) is 13.2 Å². The fraction of sp³-hybridized carbons (Fsp3) is 0.900. The molecular weight excluding hydrogens is 209 g/mol. The van der Waals surface area contributed by atoms with Crippen LogP contribution in [0.4, 0.5) is 13.2 Å². The van der Waals surface area contributed by atoms with Gasteiger partial charge in [0, 0.05) is 0 Å². The first kappa shape index (κ1) is 10.8. The van der Waals surface area contributed by atoms with Crippen LogP contribution in [0.25, 0.3) is 0 Å². The van der Waals surface area contributed by atoms with Crippen molar-refractivity contribution in [3.63, 3.8) is 0 Å². The Morgan fingerprint density at radius 3 is 2.33 bits per heavy atom. The molecule has 3 saturated carbocycles. The molecule has 0 amide bonds. The maximum absolute atomic E-state index is 12.7. The predicted molar refractivity (Wildman–Crippen MR) is 46.0 cm³/mol. The summed E-state index contributed by atoms with van der Waals surface area (Å²) in [5.41, 5.74) is -2.43. The zero-order valence-electron chi connectivity index (χ0n) is 8.49. The zero-order valence-corrected chi connectivity index (χ0v) is 8.49. The standard InChI is InChI=1S/C10H13F3O2/c1-15-7(14)8-3-2-4-9(5-8,6-8)10(11,12)13/h2-6H2,1H3. The lowest BCUT2D eigenvalue weighted by Gasteiger charge is -2.58. The second kappa shape index (κ2) is 2.89. The monoisotopic (exact) mass is 222 g/mol. The third kappa shape index (κ3) is 1.28. The van der Waals surface area contributed by atoms with Crippen molar-refractivity contribution < 1.29 is 22.7 Å². The first-order valence-electron chi connectivity index (χ1n) is 5.00. The van der Waals surface area contributed by atoms with Gasteiger partial charge in [0.1, 0.15) is 0 Å². The summed E-state index contributed by atoms with van der Waals surface area (Å²) in [5.74, 6) is -0.470. The lowest BCUT2D eigenvalue weighted by atomic mass is 9.45. The molecule has 0 aliphatic heterocycles. The number of fused-ring (bicyclic) bond motifs is 2. The van der Waals surface area contributed by atoms with Crippen LogP contribution in [0.2, 0.25) is 0 Å². The number of hydrogen-bond donors (Lipinski definition) is 0. The third-order valence-corrected chi connectivity index (χ3v) is 3.88. The highest BCUT2D eigenvalue weighted by Crippen LogP contribution is 2.69. The van der Waals surface area contributed by atoms with Crippen molar-refractivity contribution in [2.45, 2.75) is 38.3 Å². The Labute approximate surface area is 85.8 Å². The van der Waals surface area contributed by atoms with Gasteiger partial charge in [-0.15, -0.1) is 0 Å². The second-order valence-corrected chi connectivity index (χ2v) is 4.76. The highest BCUT2D eigenvalue weighted by Gasteiger charge is 2.71. The number of carbonyl (C=O) groups is 1. The summed E-state index contributed by atoms with van der Waals surface area (Å²) in [6.07, 6.45) is -3.15. The number of esters is 1. The van der Waals surface area contributed by atoms with Crippen molar-refractivity contribution >= 4 is 5.97 Å². The third-order valence-electron chi connectivity index (χ3n) is 3.88. The highest BCUT2D eigenvalue weighted by atomic mass is 19.4. The van der Waals surface area contributed by atoms with Gasteiger partial charge in [0.15, 0.2) is 0 Å². The molecule has 2 nitrogen and oxygen atoms in total. The van der Waals surface area contributed by atoms with Gasteiger partial charge in [-0.25, -0.2) is 0 Å². The van der Waals surface area contributed by atoms with E-state index in [0.717, 1.165) is 0 Å². The van der Waals surface area contributed by atoms with Crippen molar-refractivity contribution in [2.75, 3.05) is 7.11 Å². The summed E-state index contributed by atoms with van der Waals surface area (Å²) in [4.78, 5) is 11.4. The minimum Gasteiger partial charge on any atom is -0.469 e. The largest absolute Gasteiger partial charge is 0.469 e. The molecule has 0 aromatic heterocycles. The van der Waals surface area contributed by atoms with E-state index in [9.17, 15) is 18.0 Å². The topological polar surface area (TPSA) is 26.3 Å². The quantitative estimate of drug-likeness (QED) is 0.637. The van der Waals surface area contributed by atoms with E-state index >= 15 is 0 Å². The molecule has 3 fully saturated rings. The molecule has 0 heterocycles. The molecule has 2 bridgehead atoms. The summed E-state index contributed by atoms with van der Waals surface area (Å²) in [6.45, 7) is 0. The Morgan fingerprint density at radius 1 is 1.27 bits per heavy atom. The number of carbonyl (C=O) groups excluding carboxylic acids is 1. The molecule has 0 atom stereocenters. The molecule has 3 aliphatic carbocycles. The second-order valence-electron chi connectivity index (χ2n) is 4.76.